The molecule has 2 heteroatoms. The fourth-order valence-electron chi connectivity index (χ4n) is 7.12. The Bertz CT molecular complexity index is 2010. The van der Waals surface area contributed by atoms with E-state index < -0.39 is 0 Å². The predicted molar refractivity (Wildman–Crippen MR) is 162 cm³/mol. The zero-order chi connectivity index (χ0) is 24.8. The normalized spacial score (nSPS) is 12.9. The molecule has 1 nitrogen and oxygen atoms in total. The molecule has 0 saturated carbocycles. The molecule has 8 rings (SSSR count). The number of anilines is 1. The summed E-state index contributed by atoms with van der Waals surface area (Å²) in [6.07, 6.45) is 0. The van der Waals surface area contributed by atoms with Crippen molar-refractivity contribution in [1.82, 2.24) is 0 Å². The fourth-order valence-corrected chi connectivity index (χ4v) is 7.12. The first-order valence-electron chi connectivity index (χ1n) is 13.2. The number of hydrogen-bond donors (Lipinski definition) is 1. The van der Waals surface area contributed by atoms with Gasteiger partial charge in [0.2, 0.25) is 0 Å². The summed E-state index contributed by atoms with van der Waals surface area (Å²) >= 11 is 0. The van der Waals surface area contributed by atoms with Gasteiger partial charge in [0.1, 0.15) is 0 Å². The summed E-state index contributed by atoms with van der Waals surface area (Å²) < 4.78 is 0. The largest absolute Gasteiger partial charge is 0.420 e. The molecule has 0 unspecified atom stereocenters. The highest BCUT2D eigenvalue weighted by Gasteiger charge is 2.34. The van der Waals surface area contributed by atoms with Crippen LogP contribution < -0.4 is 16.2 Å². The molecule has 1 aliphatic rings. The van der Waals surface area contributed by atoms with Gasteiger partial charge in [-0.15, -0.1) is 0 Å². The van der Waals surface area contributed by atoms with Crippen molar-refractivity contribution in [2.24, 2.45) is 0 Å². The molecule has 0 atom stereocenters. The van der Waals surface area contributed by atoms with Crippen LogP contribution in [-0.4, -0.2) is 6.85 Å². The molecule has 174 valence electrons. The van der Waals surface area contributed by atoms with Gasteiger partial charge in [0.15, 0.2) is 0 Å². The zero-order valence-electron chi connectivity index (χ0n) is 21.3. The van der Waals surface area contributed by atoms with Crippen molar-refractivity contribution in [3.63, 3.8) is 0 Å². The van der Waals surface area contributed by atoms with Gasteiger partial charge >= 0.3 is 6.85 Å². The molecule has 0 aliphatic carbocycles. The smallest absolute Gasteiger partial charge is 0.322 e. The molecule has 1 heterocycles. The molecule has 0 bridgehead atoms. The van der Waals surface area contributed by atoms with Crippen molar-refractivity contribution in [1.29, 1.82) is 0 Å². The average molecular weight is 471 g/mol. The lowest BCUT2D eigenvalue weighted by Gasteiger charge is -2.32. The van der Waals surface area contributed by atoms with E-state index in [-0.39, 0.29) is 6.85 Å². The molecular weight excluding hydrogens is 445 g/mol. The highest BCUT2D eigenvalue weighted by Crippen LogP contribution is 2.42. The van der Waals surface area contributed by atoms with Crippen molar-refractivity contribution < 1.29 is 0 Å². The first kappa shape index (κ1) is 20.9. The minimum absolute atomic E-state index is 0.0776. The Morgan fingerprint density at radius 3 is 2.03 bits per heavy atom. The van der Waals surface area contributed by atoms with Gasteiger partial charge in [0.05, 0.1) is 0 Å². The summed E-state index contributed by atoms with van der Waals surface area (Å²) in [4.78, 5) is 0. The Balaban J connectivity index is 1.58. The van der Waals surface area contributed by atoms with Gasteiger partial charge in [0.25, 0.3) is 0 Å². The number of aryl methyl sites for hydroxylation is 3. The molecule has 1 N–H and O–H groups in total. The second kappa shape index (κ2) is 7.37. The summed E-state index contributed by atoms with van der Waals surface area (Å²) in [5, 5.41) is 14.7. The Morgan fingerprint density at radius 1 is 0.541 bits per heavy atom. The SMILES string of the molecule is Cc1cc(C)c(B2Nc3ccc4ccccc4c3-c3cc4ccc5cccc6ccc(c32)c4c56)c(C)c1. The fraction of sp³-hybridized carbons (Fsp3) is 0.0857. The van der Waals surface area contributed by atoms with Gasteiger partial charge in [-0.3, -0.25) is 0 Å². The molecule has 0 fully saturated rings. The van der Waals surface area contributed by atoms with Gasteiger partial charge in [-0.05, 0) is 92.5 Å². The molecule has 1 aliphatic heterocycles. The van der Waals surface area contributed by atoms with Crippen LogP contribution >= 0.6 is 0 Å². The van der Waals surface area contributed by atoms with Crippen LogP contribution in [0.4, 0.5) is 5.69 Å². The van der Waals surface area contributed by atoms with E-state index in [9.17, 15) is 0 Å². The van der Waals surface area contributed by atoms with E-state index >= 15 is 0 Å². The second-order valence-electron chi connectivity index (χ2n) is 10.8. The van der Waals surface area contributed by atoms with Crippen LogP contribution in [0.25, 0.3) is 54.2 Å². The number of benzene rings is 7. The summed E-state index contributed by atoms with van der Waals surface area (Å²) in [7, 11) is 0. The number of nitrogens with one attached hydrogen (secondary N) is 1. The molecule has 0 saturated heterocycles. The van der Waals surface area contributed by atoms with Crippen molar-refractivity contribution in [3.05, 3.63) is 114 Å². The van der Waals surface area contributed by atoms with E-state index in [1.807, 2.05) is 0 Å². The lowest BCUT2D eigenvalue weighted by molar-refractivity contribution is 1.35. The van der Waals surface area contributed by atoms with Crippen LogP contribution in [0.15, 0.2) is 97.1 Å². The van der Waals surface area contributed by atoms with Gasteiger partial charge in [0, 0.05) is 11.3 Å². The Hall–Kier alpha value is -4.30. The van der Waals surface area contributed by atoms with Gasteiger partial charge in [-0.2, -0.15) is 0 Å². The van der Waals surface area contributed by atoms with E-state index in [0.29, 0.717) is 0 Å². The Kier molecular flexibility index (Phi) is 4.15. The molecule has 7 aromatic rings. The van der Waals surface area contributed by atoms with Crippen molar-refractivity contribution in [2.75, 3.05) is 5.23 Å². The topological polar surface area (TPSA) is 12.0 Å². The number of rotatable bonds is 1. The first-order valence-corrected chi connectivity index (χ1v) is 13.2. The summed E-state index contributed by atoms with van der Waals surface area (Å²) in [5.74, 6) is 0. The third-order valence-electron chi connectivity index (χ3n) is 8.50. The minimum atomic E-state index is 0.0776. The van der Waals surface area contributed by atoms with E-state index in [1.54, 1.807) is 0 Å². The van der Waals surface area contributed by atoms with Crippen LogP contribution in [-0.2, 0) is 0 Å². The van der Waals surface area contributed by atoms with Crippen LogP contribution in [0.1, 0.15) is 16.7 Å². The standard InChI is InChI=1S/C35H26BN/c1-20-17-21(2)34(22(3)18-20)36-35-28-15-13-25-9-6-8-24-11-12-26(32(28)31(24)25)19-29(35)33-27-10-5-4-7-23(27)14-16-30(33)37-36/h4-19,37H,1-3H3. The van der Waals surface area contributed by atoms with Crippen LogP contribution in [0, 0.1) is 20.8 Å². The lowest BCUT2D eigenvalue weighted by atomic mass is 9.45. The van der Waals surface area contributed by atoms with E-state index in [0.717, 1.165) is 0 Å². The van der Waals surface area contributed by atoms with Gasteiger partial charge in [-0.25, -0.2) is 0 Å². The first-order chi connectivity index (χ1) is 18.1. The third kappa shape index (κ3) is 2.81. The Labute approximate surface area is 217 Å². The maximum atomic E-state index is 4.04. The quantitative estimate of drug-likeness (QED) is 0.190. The maximum absolute atomic E-state index is 4.04. The van der Waals surface area contributed by atoms with Crippen molar-refractivity contribution in [3.8, 4) is 11.1 Å². The second-order valence-corrected chi connectivity index (χ2v) is 10.8. The minimum Gasteiger partial charge on any atom is -0.420 e. The monoisotopic (exact) mass is 471 g/mol. The third-order valence-corrected chi connectivity index (χ3v) is 8.50. The number of hydrogen-bond acceptors (Lipinski definition) is 1. The van der Waals surface area contributed by atoms with Crippen molar-refractivity contribution in [2.45, 2.75) is 20.8 Å². The average Bonchev–Trinajstić information content (AvgIpc) is 2.90. The van der Waals surface area contributed by atoms with Crippen LogP contribution in [0.2, 0.25) is 0 Å². The summed E-state index contributed by atoms with van der Waals surface area (Å²) in [6, 6.07) is 36.4. The highest BCUT2D eigenvalue weighted by atomic mass is 14.8. The summed E-state index contributed by atoms with van der Waals surface area (Å²) in [5.41, 5.74) is 10.7. The molecular formula is C35H26BN. The van der Waals surface area contributed by atoms with E-state index in [1.165, 1.54) is 87.5 Å². The van der Waals surface area contributed by atoms with E-state index in [4.69, 9.17) is 0 Å². The number of fused-ring (bicyclic) bond motifs is 6. The highest BCUT2D eigenvalue weighted by molar-refractivity contribution is 6.92. The van der Waals surface area contributed by atoms with Crippen LogP contribution in [0.5, 0.6) is 0 Å². The predicted octanol–water partition coefficient (Wildman–Crippen LogP) is 7.86. The Morgan fingerprint density at radius 2 is 1.22 bits per heavy atom. The molecule has 0 aromatic heterocycles. The van der Waals surface area contributed by atoms with Gasteiger partial charge < -0.3 is 5.23 Å². The van der Waals surface area contributed by atoms with Crippen LogP contribution in [0.3, 0.4) is 0 Å². The van der Waals surface area contributed by atoms with E-state index in [2.05, 4.69) is 123 Å². The molecule has 0 spiro atoms. The molecule has 0 amide bonds. The summed E-state index contributed by atoms with van der Waals surface area (Å²) in [6.45, 7) is 6.81. The lowest BCUT2D eigenvalue weighted by Crippen LogP contribution is -2.54. The molecule has 37 heavy (non-hydrogen) atoms. The van der Waals surface area contributed by atoms with Crippen molar-refractivity contribution >= 4 is 66.6 Å². The molecule has 7 aromatic carbocycles. The maximum Gasteiger partial charge on any atom is 0.322 e. The van der Waals surface area contributed by atoms with Gasteiger partial charge in [-0.1, -0.05) is 102 Å². The zero-order valence-corrected chi connectivity index (χ0v) is 21.3. The molecule has 0 radical (unpaired) electrons.